The fraction of sp³-hybridized carbons (Fsp3) is 0. The molecule has 0 aliphatic carbocycles. The van der Waals surface area contributed by atoms with Crippen LogP contribution < -0.4 is 5.73 Å². The third kappa shape index (κ3) is 3.11. The minimum absolute atomic E-state index is 0.198. The first-order valence-electron chi connectivity index (χ1n) is 6.02. The molecular weight excluding hydrogens is 254 g/mol. The summed E-state index contributed by atoms with van der Waals surface area (Å²) in [6.45, 7) is 0. The van der Waals surface area contributed by atoms with E-state index in [-0.39, 0.29) is 17.2 Å². The molecule has 5 N–H and O–H groups in total. The summed E-state index contributed by atoms with van der Waals surface area (Å²) in [5.41, 5.74) is 5.98. The molecule has 0 saturated carbocycles. The van der Waals surface area contributed by atoms with Crippen molar-refractivity contribution in [2.45, 2.75) is 0 Å². The van der Waals surface area contributed by atoms with Crippen LogP contribution in [0.15, 0.2) is 60.7 Å². The molecule has 0 radical (unpaired) electrons. The molecule has 4 heteroatoms. The monoisotopic (exact) mass is 269 g/mol. The SMILES string of the molecule is Nc1ccc(O)cc1.Oc1cccc2c(O)cccc12. The molecule has 4 nitrogen and oxygen atoms in total. The summed E-state index contributed by atoms with van der Waals surface area (Å²) >= 11 is 0. The van der Waals surface area contributed by atoms with Gasteiger partial charge in [0.25, 0.3) is 0 Å². The van der Waals surface area contributed by atoms with Crippen LogP contribution in [0.2, 0.25) is 0 Å². The molecule has 0 aliphatic heterocycles. The summed E-state index contributed by atoms with van der Waals surface area (Å²) in [4.78, 5) is 0. The first kappa shape index (κ1) is 13.5. The second-order valence-electron chi connectivity index (χ2n) is 4.24. The van der Waals surface area contributed by atoms with Crippen molar-refractivity contribution >= 4 is 16.5 Å². The fourth-order valence-electron chi connectivity index (χ4n) is 1.75. The van der Waals surface area contributed by atoms with Gasteiger partial charge in [0.2, 0.25) is 0 Å². The van der Waals surface area contributed by atoms with Gasteiger partial charge >= 0.3 is 0 Å². The van der Waals surface area contributed by atoms with Gasteiger partial charge < -0.3 is 21.1 Å². The quantitative estimate of drug-likeness (QED) is 0.373. The lowest BCUT2D eigenvalue weighted by Crippen LogP contribution is -1.80. The molecule has 0 bridgehead atoms. The summed E-state index contributed by atoms with van der Waals surface area (Å²) in [6, 6.07) is 16.5. The summed E-state index contributed by atoms with van der Waals surface area (Å²) in [6.07, 6.45) is 0. The van der Waals surface area contributed by atoms with E-state index >= 15 is 0 Å². The van der Waals surface area contributed by atoms with Gasteiger partial charge in [-0.3, -0.25) is 0 Å². The molecule has 0 amide bonds. The predicted molar refractivity (Wildman–Crippen MR) is 79.8 cm³/mol. The lowest BCUT2D eigenvalue weighted by molar-refractivity contribution is 0.475. The van der Waals surface area contributed by atoms with Gasteiger partial charge in [0.1, 0.15) is 17.2 Å². The van der Waals surface area contributed by atoms with E-state index in [9.17, 15) is 10.2 Å². The van der Waals surface area contributed by atoms with Crippen LogP contribution in [-0.2, 0) is 0 Å². The third-order valence-electron chi connectivity index (χ3n) is 2.77. The molecule has 0 atom stereocenters. The summed E-state index contributed by atoms with van der Waals surface area (Å²) < 4.78 is 0. The minimum Gasteiger partial charge on any atom is -0.508 e. The molecule has 0 aromatic heterocycles. The Balaban J connectivity index is 0.000000160. The fourth-order valence-corrected chi connectivity index (χ4v) is 1.75. The van der Waals surface area contributed by atoms with E-state index in [1.807, 2.05) is 0 Å². The van der Waals surface area contributed by atoms with Crippen LogP contribution in [0.1, 0.15) is 0 Å². The van der Waals surface area contributed by atoms with Crippen molar-refractivity contribution < 1.29 is 15.3 Å². The average Bonchev–Trinajstić information content (AvgIpc) is 2.44. The highest BCUT2D eigenvalue weighted by molar-refractivity contribution is 5.92. The molecule has 0 aliphatic rings. The van der Waals surface area contributed by atoms with Gasteiger partial charge in [0.15, 0.2) is 0 Å². The zero-order chi connectivity index (χ0) is 14.5. The molecule has 3 rings (SSSR count). The standard InChI is InChI=1S/C10H8O2.C6H7NO/c11-9-5-1-3-7-8(9)4-2-6-10(7)12;7-5-1-3-6(8)4-2-5/h1-6,11-12H;1-4,8H,7H2. The van der Waals surface area contributed by atoms with E-state index in [4.69, 9.17) is 10.8 Å². The highest BCUT2D eigenvalue weighted by Crippen LogP contribution is 2.29. The Morgan fingerprint density at radius 2 is 1.05 bits per heavy atom. The van der Waals surface area contributed by atoms with Crippen LogP contribution in [0.4, 0.5) is 5.69 Å². The maximum Gasteiger partial charge on any atom is 0.123 e. The van der Waals surface area contributed by atoms with Crippen molar-refractivity contribution in [3.8, 4) is 17.2 Å². The van der Waals surface area contributed by atoms with Gasteiger partial charge in [0.05, 0.1) is 0 Å². The number of aromatic hydroxyl groups is 3. The Morgan fingerprint density at radius 3 is 1.45 bits per heavy atom. The van der Waals surface area contributed by atoms with Crippen LogP contribution in [0.3, 0.4) is 0 Å². The second kappa shape index (κ2) is 5.84. The van der Waals surface area contributed by atoms with E-state index in [1.165, 1.54) is 0 Å². The second-order valence-corrected chi connectivity index (χ2v) is 4.24. The highest BCUT2D eigenvalue weighted by Gasteiger charge is 2.00. The Kier molecular flexibility index (Phi) is 3.96. The van der Waals surface area contributed by atoms with Gasteiger partial charge in [-0.25, -0.2) is 0 Å². The van der Waals surface area contributed by atoms with Crippen molar-refractivity contribution in [1.29, 1.82) is 0 Å². The van der Waals surface area contributed by atoms with Crippen LogP contribution in [0.5, 0.6) is 17.2 Å². The molecule has 3 aromatic carbocycles. The Bertz CT molecular complexity index is 646. The number of nitrogens with two attached hydrogens (primary N) is 1. The molecule has 102 valence electrons. The van der Waals surface area contributed by atoms with Gasteiger partial charge in [-0.1, -0.05) is 24.3 Å². The van der Waals surface area contributed by atoms with E-state index in [2.05, 4.69) is 0 Å². The summed E-state index contributed by atoms with van der Waals surface area (Å²) in [5.74, 6) is 0.644. The van der Waals surface area contributed by atoms with Crippen molar-refractivity contribution in [3.63, 3.8) is 0 Å². The molecule has 3 aromatic rings. The number of phenolic OH excluding ortho intramolecular Hbond substituents is 3. The summed E-state index contributed by atoms with van der Waals surface area (Å²) in [7, 11) is 0. The number of fused-ring (bicyclic) bond motifs is 1. The first-order chi connectivity index (χ1) is 9.58. The Labute approximate surface area is 116 Å². The van der Waals surface area contributed by atoms with Crippen molar-refractivity contribution in [2.75, 3.05) is 5.73 Å². The molecule has 20 heavy (non-hydrogen) atoms. The molecule has 0 unspecified atom stereocenters. The van der Waals surface area contributed by atoms with Crippen molar-refractivity contribution in [3.05, 3.63) is 60.7 Å². The van der Waals surface area contributed by atoms with Crippen molar-refractivity contribution in [1.82, 2.24) is 0 Å². The van der Waals surface area contributed by atoms with Gasteiger partial charge in [0, 0.05) is 16.5 Å². The molecule has 0 saturated heterocycles. The molecule has 0 fully saturated rings. The minimum atomic E-state index is 0.198. The maximum atomic E-state index is 9.38. The summed E-state index contributed by atoms with van der Waals surface area (Å²) in [5, 5.41) is 28.8. The zero-order valence-corrected chi connectivity index (χ0v) is 10.7. The first-order valence-corrected chi connectivity index (χ1v) is 6.02. The lowest BCUT2D eigenvalue weighted by Gasteiger charge is -2.01. The van der Waals surface area contributed by atoms with Crippen LogP contribution in [-0.4, -0.2) is 15.3 Å². The van der Waals surface area contributed by atoms with Crippen LogP contribution in [0, 0.1) is 0 Å². The Hall–Kier alpha value is -2.88. The molecular formula is C16H15NO3. The largest absolute Gasteiger partial charge is 0.508 e. The highest BCUT2D eigenvalue weighted by atomic mass is 16.3. The van der Waals surface area contributed by atoms with E-state index in [0.29, 0.717) is 16.5 Å². The number of hydrogen-bond donors (Lipinski definition) is 4. The number of hydrogen-bond acceptors (Lipinski definition) is 4. The number of anilines is 1. The number of nitrogen functional groups attached to an aromatic ring is 1. The third-order valence-corrected chi connectivity index (χ3v) is 2.77. The van der Waals surface area contributed by atoms with Crippen LogP contribution in [0.25, 0.3) is 10.8 Å². The Morgan fingerprint density at radius 1 is 0.600 bits per heavy atom. The topological polar surface area (TPSA) is 86.7 Å². The lowest BCUT2D eigenvalue weighted by atomic mass is 10.1. The van der Waals surface area contributed by atoms with Gasteiger partial charge in [-0.15, -0.1) is 0 Å². The normalized spacial score (nSPS) is 9.80. The predicted octanol–water partition coefficient (Wildman–Crippen LogP) is 3.23. The number of benzene rings is 3. The van der Waals surface area contributed by atoms with E-state index in [0.717, 1.165) is 0 Å². The van der Waals surface area contributed by atoms with Crippen LogP contribution >= 0.6 is 0 Å². The van der Waals surface area contributed by atoms with Crippen molar-refractivity contribution in [2.24, 2.45) is 0 Å². The smallest absolute Gasteiger partial charge is 0.123 e. The zero-order valence-electron chi connectivity index (χ0n) is 10.7. The van der Waals surface area contributed by atoms with Gasteiger partial charge in [-0.2, -0.15) is 0 Å². The van der Waals surface area contributed by atoms with E-state index in [1.54, 1.807) is 60.7 Å². The maximum absolute atomic E-state index is 9.38. The van der Waals surface area contributed by atoms with E-state index < -0.39 is 0 Å². The number of rotatable bonds is 0. The molecule has 0 spiro atoms. The number of phenols is 3. The average molecular weight is 269 g/mol. The molecule has 0 heterocycles. The van der Waals surface area contributed by atoms with Gasteiger partial charge in [-0.05, 0) is 36.4 Å².